The molecule has 0 radical (unpaired) electrons. The highest BCUT2D eigenvalue weighted by molar-refractivity contribution is 14.0. The first kappa shape index (κ1) is 25.5. The van der Waals surface area contributed by atoms with Gasteiger partial charge in [-0.15, -0.1) is 24.0 Å². The lowest BCUT2D eigenvalue weighted by molar-refractivity contribution is -0.139. The molecule has 1 atom stereocenters. The van der Waals surface area contributed by atoms with E-state index in [0.717, 1.165) is 44.7 Å². The molecule has 11 heteroatoms. The van der Waals surface area contributed by atoms with Crippen molar-refractivity contribution in [1.82, 2.24) is 20.5 Å². The van der Waals surface area contributed by atoms with Gasteiger partial charge < -0.3 is 20.3 Å². The maximum atomic E-state index is 13.0. The van der Waals surface area contributed by atoms with Crippen LogP contribution in [0.5, 0.6) is 5.88 Å². The van der Waals surface area contributed by atoms with Gasteiger partial charge in [-0.1, -0.05) is 12.8 Å². The lowest BCUT2D eigenvalue weighted by Gasteiger charge is -2.21. The van der Waals surface area contributed by atoms with Crippen LogP contribution in [0.15, 0.2) is 23.3 Å². The van der Waals surface area contributed by atoms with Gasteiger partial charge in [0.1, 0.15) is 12.2 Å². The number of nitrogens with one attached hydrogen (secondary N) is 2. The van der Waals surface area contributed by atoms with Gasteiger partial charge in [-0.25, -0.2) is 4.98 Å². The Morgan fingerprint density at radius 2 is 2.06 bits per heavy atom. The number of alkyl halides is 3. The third-order valence-corrected chi connectivity index (χ3v) is 5.48. The third kappa shape index (κ3) is 7.11. The van der Waals surface area contributed by atoms with Gasteiger partial charge in [0.2, 0.25) is 11.8 Å². The highest BCUT2D eigenvalue weighted by Crippen LogP contribution is 2.34. The number of likely N-dealkylation sites (tertiary alicyclic amines) is 1. The standard InChI is InChI=1S/C20H28F3N5O2.HI/c1-24-19(26-10-12-30-17-16(20(21,22)23)7-4-9-25-17)27-15-8-11-28(13-15)18(29)14-5-2-3-6-14;/h4,7,9,14-15H,2-3,5-6,8,10-13H2,1H3,(H2,24,26,27);1H. The molecule has 0 spiro atoms. The fourth-order valence-corrected chi connectivity index (χ4v) is 3.94. The van der Waals surface area contributed by atoms with Gasteiger partial charge in [-0.05, 0) is 31.4 Å². The molecule has 1 aliphatic heterocycles. The van der Waals surface area contributed by atoms with Gasteiger partial charge in [0, 0.05) is 38.3 Å². The molecule has 1 saturated heterocycles. The van der Waals surface area contributed by atoms with E-state index >= 15 is 0 Å². The quantitative estimate of drug-likeness (QED) is 0.244. The van der Waals surface area contributed by atoms with Gasteiger partial charge in [-0.3, -0.25) is 9.79 Å². The van der Waals surface area contributed by atoms with Crippen LogP contribution < -0.4 is 15.4 Å². The first-order chi connectivity index (χ1) is 14.4. The van der Waals surface area contributed by atoms with E-state index in [-0.39, 0.29) is 55.0 Å². The van der Waals surface area contributed by atoms with Crippen LogP contribution in [0.1, 0.15) is 37.7 Å². The second kappa shape index (κ2) is 11.7. The summed E-state index contributed by atoms with van der Waals surface area (Å²) in [5, 5.41) is 6.29. The number of hydrogen-bond donors (Lipinski definition) is 2. The monoisotopic (exact) mass is 555 g/mol. The number of carbonyl (C=O) groups excluding carboxylic acids is 1. The Kier molecular flexibility index (Phi) is 9.63. The summed E-state index contributed by atoms with van der Waals surface area (Å²) < 4.78 is 44.1. The van der Waals surface area contributed by atoms with Crippen molar-refractivity contribution >= 4 is 35.8 Å². The summed E-state index contributed by atoms with van der Waals surface area (Å²) in [6.45, 7) is 1.62. The first-order valence-electron chi connectivity index (χ1n) is 10.3. The number of aromatic nitrogens is 1. The van der Waals surface area contributed by atoms with Gasteiger partial charge >= 0.3 is 6.18 Å². The van der Waals surface area contributed by atoms with Gasteiger partial charge in [-0.2, -0.15) is 13.2 Å². The number of halogens is 4. The number of pyridine rings is 1. The molecule has 0 aromatic carbocycles. The van der Waals surface area contributed by atoms with Crippen molar-refractivity contribution in [3.63, 3.8) is 0 Å². The molecule has 0 bridgehead atoms. The minimum atomic E-state index is -4.51. The molecular formula is C20H29F3IN5O2. The van der Waals surface area contributed by atoms with Crippen LogP contribution in [0.2, 0.25) is 0 Å². The van der Waals surface area contributed by atoms with Crippen molar-refractivity contribution in [2.24, 2.45) is 10.9 Å². The number of rotatable bonds is 6. The fraction of sp³-hybridized carbons (Fsp3) is 0.650. The molecule has 1 unspecified atom stereocenters. The Bertz CT molecular complexity index is 757. The molecule has 2 aliphatic rings. The summed E-state index contributed by atoms with van der Waals surface area (Å²) in [6, 6.07) is 2.26. The second-order valence-corrected chi connectivity index (χ2v) is 7.60. The summed E-state index contributed by atoms with van der Waals surface area (Å²) in [5.41, 5.74) is -0.898. The number of ether oxygens (including phenoxy) is 1. The normalized spacial score (nSPS) is 19.8. The first-order valence-corrected chi connectivity index (χ1v) is 10.3. The lowest BCUT2D eigenvalue weighted by atomic mass is 10.1. The smallest absolute Gasteiger partial charge is 0.421 e. The molecule has 1 aromatic heterocycles. The number of hydrogen-bond acceptors (Lipinski definition) is 4. The van der Waals surface area contributed by atoms with Crippen LogP contribution in [0.3, 0.4) is 0 Å². The Balaban J connectivity index is 0.00000341. The molecule has 1 aromatic rings. The minimum absolute atomic E-state index is 0. The molecule has 1 saturated carbocycles. The fourth-order valence-electron chi connectivity index (χ4n) is 3.94. The molecule has 1 amide bonds. The summed E-state index contributed by atoms with van der Waals surface area (Å²) in [5.74, 6) is 0.512. The van der Waals surface area contributed by atoms with E-state index in [0.29, 0.717) is 12.5 Å². The molecule has 1 aliphatic carbocycles. The molecular weight excluding hydrogens is 526 g/mol. The van der Waals surface area contributed by atoms with Crippen LogP contribution in [0.25, 0.3) is 0 Å². The lowest BCUT2D eigenvalue weighted by Crippen LogP contribution is -2.46. The van der Waals surface area contributed by atoms with E-state index in [2.05, 4.69) is 20.6 Å². The summed E-state index contributed by atoms with van der Waals surface area (Å²) in [6.07, 6.45) is 1.82. The Labute approximate surface area is 197 Å². The van der Waals surface area contributed by atoms with Crippen molar-refractivity contribution < 1.29 is 22.7 Å². The van der Waals surface area contributed by atoms with Crippen molar-refractivity contribution in [3.05, 3.63) is 23.9 Å². The zero-order valence-corrected chi connectivity index (χ0v) is 19.8. The molecule has 174 valence electrons. The van der Waals surface area contributed by atoms with Gasteiger partial charge in [0.15, 0.2) is 5.96 Å². The average molecular weight is 555 g/mol. The number of nitrogens with zero attached hydrogens (tertiary/aromatic N) is 3. The zero-order chi connectivity index (χ0) is 21.6. The van der Waals surface area contributed by atoms with Crippen LogP contribution >= 0.6 is 24.0 Å². The molecule has 2 heterocycles. The molecule has 3 rings (SSSR count). The largest absolute Gasteiger partial charge is 0.475 e. The van der Waals surface area contributed by atoms with E-state index in [1.165, 1.54) is 12.3 Å². The number of carbonyl (C=O) groups is 1. The van der Waals surface area contributed by atoms with Crippen LogP contribution in [0, 0.1) is 5.92 Å². The maximum absolute atomic E-state index is 13.0. The van der Waals surface area contributed by atoms with E-state index in [1.54, 1.807) is 7.05 Å². The summed E-state index contributed by atoms with van der Waals surface area (Å²) in [7, 11) is 1.62. The zero-order valence-electron chi connectivity index (χ0n) is 17.5. The predicted molar refractivity (Wildman–Crippen MR) is 122 cm³/mol. The average Bonchev–Trinajstić information content (AvgIpc) is 3.41. The van der Waals surface area contributed by atoms with Crippen LogP contribution in [-0.2, 0) is 11.0 Å². The maximum Gasteiger partial charge on any atom is 0.421 e. The van der Waals surface area contributed by atoms with Gasteiger partial charge in [0.05, 0.1) is 6.54 Å². The van der Waals surface area contributed by atoms with E-state index in [9.17, 15) is 18.0 Å². The molecule has 7 nitrogen and oxygen atoms in total. The Hall–Kier alpha value is -1.79. The number of amides is 1. The SMILES string of the molecule is CN=C(NCCOc1ncccc1C(F)(F)F)NC1CCN(C(=O)C2CCCC2)C1.I. The second-order valence-electron chi connectivity index (χ2n) is 7.60. The number of guanidine groups is 1. The third-order valence-electron chi connectivity index (χ3n) is 5.48. The number of aliphatic imine (C=N–C) groups is 1. The highest BCUT2D eigenvalue weighted by Gasteiger charge is 2.35. The minimum Gasteiger partial charge on any atom is -0.475 e. The van der Waals surface area contributed by atoms with E-state index in [1.807, 2.05) is 4.90 Å². The van der Waals surface area contributed by atoms with Crippen molar-refractivity contribution in [1.29, 1.82) is 0 Å². The highest BCUT2D eigenvalue weighted by atomic mass is 127. The van der Waals surface area contributed by atoms with Crippen molar-refractivity contribution in [2.75, 3.05) is 33.3 Å². The molecule has 2 N–H and O–H groups in total. The van der Waals surface area contributed by atoms with Crippen molar-refractivity contribution in [3.8, 4) is 5.88 Å². The molecule has 2 fully saturated rings. The van der Waals surface area contributed by atoms with E-state index < -0.39 is 17.6 Å². The Morgan fingerprint density at radius 3 is 2.74 bits per heavy atom. The predicted octanol–water partition coefficient (Wildman–Crippen LogP) is 3.05. The van der Waals surface area contributed by atoms with Gasteiger partial charge in [0.25, 0.3) is 0 Å². The molecule has 31 heavy (non-hydrogen) atoms. The topological polar surface area (TPSA) is 78.9 Å². The van der Waals surface area contributed by atoms with E-state index in [4.69, 9.17) is 4.74 Å². The van der Waals surface area contributed by atoms with Crippen LogP contribution in [0.4, 0.5) is 13.2 Å². The Morgan fingerprint density at radius 1 is 1.32 bits per heavy atom. The summed E-state index contributed by atoms with van der Waals surface area (Å²) >= 11 is 0. The summed E-state index contributed by atoms with van der Waals surface area (Å²) in [4.78, 5) is 22.3. The van der Waals surface area contributed by atoms with Crippen LogP contribution in [-0.4, -0.2) is 61.1 Å². The van der Waals surface area contributed by atoms with Crippen molar-refractivity contribution in [2.45, 2.75) is 44.3 Å².